The second-order valence-electron chi connectivity index (χ2n) is 14.1. The van der Waals surface area contributed by atoms with E-state index in [0.717, 1.165) is 0 Å². The van der Waals surface area contributed by atoms with Crippen LogP contribution in [0.1, 0.15) is 44.4 Å². The topological polar surface area (TPSA) is 0 Å². The van der Waals surface area contributed by atoms with E-state index in [-0.39, 0.29) is 0 Å². The summed E-state index contributed by atoms with van der Waals surface area (Å²) in [6.45, 7) is 16.3. The summed E-state index contributed by atoms with van der Waals surface area (Å²) in [5.41, 5.74) is 16.0. The van der Waals surface area contributed by atoms with Gasteiger partial charge in [0.15, 0.2) is 8.07 Å². The van der Waals surface area contributed by atoms with Gasteiger partial charge in [-0.3, -0.25) is 0 Å². The third-order valence-electron chi connectivity index (χ3n) is 11.0. The Labute approximate surface area is 294 Å². The SMILES string of the molecule is CC1=C(C)C(C)C([Si](c2ccc(C)cc2-c2ccccc2)(c2ccc(C)cc2-c2ccccc2)c2ccc(C)cc2-c2ccccc2)=C1C. The fourth-order valence-corrected chi connectivity index (χ4v) is 14.6. The first kappa shape index (κ1) is 32.6. The van der Waals surface area contributed by atoms with Crippen LogP contribution < -0.4 is 15.6 Å². The van der Waals surface area contributed by atoms with Gasteiger partial charge in [-0.15, -0.1) is 0 Å². The molecule has 6 aromatic carbocycles. The fourth-order valence-electron chi connectivity index (χ4n) is 8.37. The fraction of sp³-hybridized carbons (Fsp3) is 0.167. The molecule has 0 N–H and O–H groups in total. The first-order chi connectivity index (χ1) is 23.7. The average molecular weight is 651 g/mol. The zero-order valence-electron chi connectivity index (χ0n) is 29.9. The quantitative estimate of drug-likeness (QED) is 0.119. The Morgan fingerprint density at radius 3 is 1.00 bits per heavy atom. The molecule has 1 heteroatoms. The van der Waals surface area contributed by atoms with Crippen molar-refractivity contribution < 1.29 is 0 Å². The first-order valence-electron chi connectivity index (χ1n) is 17.6. The average Bonchev–Trinajstić information content (AvgIpc) is 3.32. The highest BCUT2D eigenvalue weighted by Gasteiger charge is 2.51. The zero-order valence-corrected chi connectivity index (χ0v) is 30.9. The highest BCUT2D eigenvalue weighted by atomic mass is 28.3. The molecule has 0 spiro atoms. The summed E-state index contributed by atoms with van der Waals surface area (Å²) in [6.07, 6.45) is 0. The van der Waals surface area contributed by atoms with Gasteiger partial charge >= 0.3 is 0 Å². The molecule has 7 rings (SSSR count). The van der Waals surface area contributed by atoms with Crippen molar-refractivity contribution in [2.75, 3.05) is 0 Å². The van der Waals surface area contributed by atoms with Crippen LogP contribution in [-0.4, -0.2) is 8.07 Å². The van der Waals surface area contributed by atoms with Crippen LogP contribution >= 0.6 is 0 Å². The Kier molecular flexibility index (Phi) is 8.73. The summed E-state index contributed by atoms with van der Waals surface area (Å²) in [5.74, 6) is 0.298. The van der Waals surface area contributed by atoms with Crippen LogP contribution in [-0.2, 0) is 0 Å². The maximum Gasteiger partial charge on any atom is 0.178 e. The van der Waals surface area contributed by atoms with Crippen molar-refractivity contribution in [2.45, 2.75) is 48.5 Å². The summed E-state index contributed by atoms with van der Waals surface area (Å²) in [6, 6.07) is 55.2. The molecule has 49 heavy (non-hydrogen) atoms. The predicted octanol–water partition coefficient (Wildman–Crippen LogP) is 10.9. The minimum Gasteiger partial charge on any atom is -0.0636 e. The third kappa shape index (κ3) is 5.57. The van der Waals surface area contributed by atoms with Crippen molar-refractivity contribution in [3.05, 3.63) is 184 Å². The van der Waals surface area contributed by atoms with Crippen molar-refractivity contribution >= 4 is 23.6 Å². The van der Waals surface area contributed by atoms with Gasteiger partial charge in [0.2, 0.25) is 0 Å². The maximum absolute atomic E-state index is 3.11. The molecule has 0 aliphatic heterocycles. The van der Waals surface area contributed by atoms with Gasteiger partial charge < -0.3 is 0 Å². The standard InChI is InChI=1S/C48H46Si/c1-32-23-26-45(42(29-32)39-17-11-8-12-18-39)49(48-37(6)35(4)36(5)38(48)7,46-27-24-33(2)30-43(46)40-19-13-9-14-20-40)47-28-25-34(3)31-44(47)41-21-15-10-16-22-41/h8-31,37H,1-7H3. The van der Waals surface area contributed by atoms with Crippen molar-refractivity contribution in [3.8, 4) is 33.4 Å². The molecule has 0 fully saturated rings. The van der Waals surface area contributed by atoms with E-state index in [4.69, 9.17) is 0 Å². The Hall–Kier alpha value is -4.98. The first-order valence-corrected chi connectivity index (χ1v) is 19.6. The molecule has 1 atom stereocenters. The number of aryl methyl sites for hydroxylation is 3. The largest absolute Gasteiger partial charge is 0.178 e. The van der Waals surface area contributed by atoms with Crippen LogP contribution in [0.25, 0.3) is 33.4 Å². The summed E-state index contributed by atoms with van der Waals surface area (Å²) in [5, 5.41) is 5.96. The van der Waals surface area contributed by atoms with Gasteiger partial charge in [-0.25, -0.2) is 0 Å². The molecular formula is C48H46Si. The van der Waals surface area contributed by atoms with Crippen LogP contribution in [0.5, 0.6) is 0 Å². The Bertz CT molecular complexity index is 2000. The highest BCUT2D eigenvalue weighted by Crippen LogP contribution is 2.44. The van der Waals surface area contributed by atoms with Gasteiger partial charge in [0.25, 0.3) is 0 Å². The lowest BCUT2D eigenvalue weighted by Crippen LogP contribution is -2.71. The van der Waals surface area contributed by atoms with Gasteiger partial charge in [0, 0.05) is 0 Å². The molecule has 242 valence electrons. The predicted molar refractivity (Wildman–Crippen MR) is 215 cm³/mol. The van der Waals surface area contributed by atoms with E-state index in [2.05, 4.69) is 194 Å². The van der Waals surface area contributed by atoms with E-state index >= 15 is 0 Å². The third-order valence-corrected chi connectivity index (χ3v) is 16.4. The van der Waals surface area contributed by atoms with Gasteiger partial charge in [0.05, 0.1) is 0 Å². The molecular weight excluding hydrogens is 605 g/mol. The minimum atomic E-state index is -3.11. The molecule has 0 saturated carbocycles. The number of hydrogen-bond donors (Lipinski definition) is 0. The summed E-state index contributed by atoms with van der Waals surface area (Å²) in [4.78, 5) is 0. The molecule has 0 heterocycles. The van der Waals surface area contributed by atoms with E-state index < -0.39 is 8.07 Å². The monoisotopic (exact) mass is 650 g/mol. The summed E-state index contributed by atoms with van der Waals surface area (Å²) >= 11 is 0. The second-order valence-corrected chi connectivity index (χ2v) is 17.7. The van der Waals surface area contributed by atoms with E-state index in [9.17, 15) is 0 Å². The van der Waals surface area contributed by atoms with Crippen LogP contribution in [0.3, 0.4) is 0 Å². The van der Waals surface area contributed by atoms with E-state index in [1.807, 2.05) is 0 Å². The van der Waals surface area contributed by atoms with Crippen LogP contribution in [0.2, 0.25) is 0 Å². The van der Waals surface area contributed by atoms with Crippen molar-refractivity contribution in [3.63, 3.8) is 0 Å². The molecule has 0 amide bonds. The molecule has 0 aromatic heterocycles. The van der Waals surface area contributed by atoms with Crippen LogP contribution in [0.4, 0.5) is 0 Å². The second kappa shape index (κ2) is 13.1. The smallest absolute Gasteiger partial charge is 0.0636 e. The lowest BCUT2D eigenvalue weighted by Gasteiger charge is -2.42. The van der Waals surface area contributed by atoms with Gasteiger partial charge in [-0.2, -0.15) is 0 Å². The number of hydrogen-bond acceptors (Lipinski definition) is 0. The molecule has 1 aliphatic carbocycles. The summed E-state index contributed by atoms with van der Waals surface area (Å²) in [7, 11) is -3.11. The van der Waals surface area contributed by atoms with E-state index in [1.165, 1.54) is 82.4 Å². The number of benzene rings is 6. The zero-order chi connectivity index (χ0) is 34.3. The number of rotatable bonds is 7. The summed E-state index contributed by atoms with van der Waals surface area (Å²) < 4.78 is 0. The lowest BCUT2D eigenvalue weighted by atomic mass is 10.0. The lowest BCUT2D eigenvalue weighted by molar-refractivity contribution is 0.851. The molecule has 0 nitrogen and oxygen atoms in total. The molecule has 0 radical (unpaired) electrons. The normalized spacial score (nSPS) is 14.9. The van der Waals surface area contributed by atoms with Crippen molar-refractivity contribution in [2.24, 2.45) is 5.92 Å². The van der Waals surface area contributed by atoms with Crippen LogP contribution in [0, 0.1) is 26.7 Å². The minimum absolute atomic E-state index is 0.298. The molecule has 0 bridgehead atoms. The molecule has 1 unspecified atom stereocenters. The molecule has 0 saturated heterocycles. The van der Waals surface area contributed by atoms with Crippen LogP contribution in [0.15, 0.2) is 168 Å². The maximum atomic E-state index is 2.50. The van der Waals surface area contributed by atoms with Gasteiger partial charge in [-0.05, 0) is 102 Å². The Morgan fingerprint density at radius 1 is 0.388 bits per heavy atom. The Morgan fingerprint density at radius 2 is 0.714 bits per heavy atom. The molecule has 1 aliphatic rings. The van der Waals surface area contributed by atoms with E-state index in [1.54, 1.807) is 5.20 Å². The molecule has 6 aromatic rings. The van der Waals surface area contributed by atoms with Gasteiger partial charge in [0.1, 0.15) is 0 Å². The highest BCUT2D eigenvalue weighted by molar-refractivity contribution is 7.18. The van der Waals surface area contributed by atoms with Crippen molar-refractivity contribution in [1.29, 1.82) is 0 Å². The Balaban J connectivity index is 1.77. The van der Waals surface area contributed by atoms with Crippen molar-refractivity contribution in [1.82, 2.24) is 0 Å². The van der Waals surface area contributed by atoms with Gasteiger partial charge in [-0.1, -0.05) is 186 Å². The van der Waals surface area contributed by atoms with E-state index in [0.29, 0.717) is 5.92 Å². The number of allylic oxidation sites excluding steroid dienone is 4.